The van der Waals surface area contributed by atoms with Crippen LogP contribution < -0.4 is 21.1 Å². The van der Waals surface area contributed by atoms with Crippen LogP contribution >= 0.6 is 0 Å². The van der Waals surface area contributed by atoms with Gasteiger partial charge in [0, 0.05) is 16.8 Å². The van der Waals surface area contributed by atoms with Crippen LogP contribution in [0.1, 0.15) is 26.3 Å². The third-order valence-corrected chi connectivity index (χ3v) is 4.44. The predicted octanol–water partition coefficient (Wildman–Crippen LogP) is 1.58. The number of anilines is 1. The number of amides is 3. The molecule has 0 radical (unpaired) electrons. The van der Waals surface area contributed by atoms with E-state index in [0.717, 1.165) is 5.56 Å². The Bertz CT molecular complexity index is 1170. The molecule has 0 heterocycles. The van der Waals surface area contributed by atoms with E-state index >= 15 is 0 Å². The molecule has 0 bridgehead atoms. The summed E-state index contributed by atoms with van der Waals surface area (Å²) >= 11 is 0. The second-order valence-electron chi connectivity index (χ2n) is 6.88. The van der Waals surface area contributed by atoms with Crippen molar-refractivity contribution in [2.45, 2.75) is 0 Å². The molecule has 8 nitrogen and oxygen atoms in total. The molecule has 0 aromatic heterocycles. The molecule has 3 aromatic rings. The first-order chi connectivity index (χ1) is 15.9. The quantitative estimate of drug-likeness (QED) is 0.457. The van der Waals surface area contributed by atoms with Crippen molar-refractivity contribution in [3.05, 3.63) is 107 Å². The van der Waals surface area contributed by atoms with Gasteiger partial charge in [0.1, 0.15) is 5.70 Å². The maximum absolute atomic E-state index is 12.9. The highest BCUT2D eigenvalue weighted by Crippen LogP contribution is 2.13. The molecule has 0 unspecified atom stereocenters. The molecule has 3 aromatic carbocycles. The zero-order valence-electron chi connectivity index (χ0n) is 17.4. The second kappa shape index (κ2) is 11.1. The van der Waals surface area contributed by atoms with Gasteiger partial charge in [-0.1, -0.05) is 48.5 Å². The molecule has 3 amide bonds. The molecule has 0 atom stereocenters. The van der Waals surface area contributed by atoms with Crippen molar-refractivity contribution >= 4 is 35.5 Å². The highest BCUT2D eigenvalue weighted by Gasteiger charge is 2.15. The van der Waals surface area contributed by atoms with Crippen molar-refractivity contribution in [1.29, 1.82) is 0 Å². The van der Waals surface area contributed by atoms with Crippen molar-refractivity contribution in [2.75, 3.05) is 11.9 Å². The molecule has 33 heavy (non-hydrogen) atoms. The maximum atomic E-state index is 12.9. The van der Waals surface area contributed by atoms with E-state index in [1.165, 1.54) is 24.3 Å². The lowest BCUT2D eigenvalue weighted by molar-refractivity contribution is -0.303. The number of rotatable bonds is 8. The van der Waals surface area contributed by atoms with Crippen LogP contribution in [0.15, 0.2) is 90.6 Å². The molecule has 8 heteroatoms. The van der Waals surface area contributed by atoms with E-state index in [-0.39, 0.29) is 11.3 Å². The fraction of sp³-hybridized carbons (Fsp3) is 0.0400. The Kier molecular flexibility index (Phi) is 7.69. The van der Waals surface area contributed by atoms with Crippen LogP contribution in [-0.2, 0) is 9.59 Å². The number of carbonyl (C=O) groups is 4. The molecule has 0 saturated carbocycles. The Balaban J connectivity index is 1.76. The van der Waals surface area contributed by atoms with Crippen molar-refractivity contribution in [1.82, 2.24) is 10.6 Å². The summed E-state index contributed by atoms with van der Waals surface area (Å²) in [7, 11) is 0. The van der Waals surface area contributed by atoms with Crippen molar-refractivity contribution < 1.29 is 24.3 Å². The fourth-order valence-corrected chi connectivity index (χ4v) is 2.82. The zero-order valence-corrected chi connectivity index (χ0v) is 17.4. The largest absolute Gasteiger partial charge is 0.548 e. The summed E-state index contributed by atoms with van der Waals surface area (Å²) in [5.41, 5.74) is 1.74. The van der Waals surface area contributed by atoms with E-state index < -0.39 is 30.2 Å². The molecule has 166 valence electrons. The molecule has 0 spiro atoms. The Morgan fingerprint density at radius 2 is 1.30 bits per heavy atom. The number of aliphatic carboxylic acids is 1. The van der Waals surface area contributed by atoms with Crippen LogP contribution in [0.3, 0.4) is 0 Å². The Hall–Kier alpha value is -4.72. The minimum Gasteiger partial charge on any atom is -0.548 e. The number of benzene rings is 3. The first kappa shape index (κ1) is 23.0. The van der Waals surface area contributed by atoms with Crippen LogP contribution in [0.2, 0.25) is 0 Å². The minimum atomic E-state index is -1.40. The first-order valence-electron chi connectivity index (χ1n) is 9.95. The van der Waals surface area contributed by atoms with Crippen LogP contribution in [-0.4, -0.2) is 30.2 Å². The highest BCUT2D eigenvalue weighted by atomic mass is 16.4. The number of nitrogens with one attached hydrogen (secondary N) is 3. The lowest BCUT2D eigenvalue weighted by Crippen LogP contribution is -2.37. The van der Waals surface area contributed by atoms with Gasteiger partial charge in [-0.25, -0.2) is 0 Å². The molecular weight excluding hydrogens is 422 g/mol. The average Bonchev–Trinajstić information content (AvgIpc) is 2.83. The number of hydrogen-bond donors (Lipinski definition) is 3. The molecule has 3 rings (SSSR count). The third kappa shape index (κ3) is 6.90. The smallest absolute Gasteiger partial charge is 0.272 e. The highest BCUT2D eigenvalue weighted by molar-refractivity contribution is 6.10. The van der Waals surface area contributed by atoms with Crippen LogP contribution in [0.25, 0.3) is 6.08 Å². The lowest BCUT2D eigenvalue weighted by atomic mass is 10.1. The summed E-state index contributed by atoms with van der Waals surface area (Å²) in [6, 6.07) is 23.4. The third-order valence-electron chi connectivity index (χ3n) is 4.44. The monoisotopic (exact) mass is 442 g/mol. The topological polar surface area (TPSA) is 127 Å². The Morgan fingerprint density at radius 3 is 1.91 bits per heavy atom. The van der Waals surface area contributed by atoms with E-state index in [4.69, 9.17) is 0 Å². The first-order valence-corrected chi connectivity index (χ1v) is 9.95. The molecular formula is C25H20N3O5-. The van der Waals surface area contributed by atoms with Gasteiger partial charge < -0.3 is 25.9 Å². The van der Waals surface area contributed by atoms with E-state index in [2.05, 4.69) is 16.0 Å². The maximum Gasteiger partial charge on any atom is 0.272 e. The molecule has 0 saturated heterocycles. The summed E-state index contributed by atoms with van der Waals surface area (Å²) in [4.78, 5) is 47.9. The van der Waals surface area contributed by atoms with Crippen molar-refractivity contribution in [3.63, 3.8) is 0 Å². The second-order valence-corrected chi connectivity index (χ2v) is 6.88. The van der Waals surface area contributed by atoms with Crippen LogP contribution in [0, 0.1) is 0 Å². The lowest BCUT2D eigenvalue weighted by Gasteiger charge is -2.12. The van der Waals surface area contributed by atoms with E-state index in [0.29, 0.717) is 11.3 Å². The summed E-state index contributed by atoms with van der Waals surface area (Å²) < 4.78 is 0. The minimum absolute atomic E-state index is 0.0332. The fourth-order valence-electron chi connectivity index (χ4n) is 2.82. The van der Waals surface area contributed by atoms with Gasteiger partial charge in [-0.2, -0.15) is 0 Å². The predicted molar refractivity (Wildman–Crippen MR) is 121 cm³/mol. The van der Waals surface area contributed by atoms with E-state index in [1.807, 2.05) is 18.2 Å². The van der Waals surface area contributed by atoms with Crippen molar-refractivity contribution in [2.24, 2.45) is 0 Å². The van der Waals surface area contributed by atoms with Crippen LogP contribution in [0.4, 0.5) is 5.69 Å². The SMILES string of the molecule is O=C([O-])CNC(=O)c1ccc(NC(=O)/C(=C\c2ccccc2)NC(=O)c2ccccc2)cc1. The van der Waals surface area contributed by atoms with Gasteiger partial charge in [0.05, 0.1) is 12.5 Å². The number of hydrogen-bond acceptors (Lipinski definition) is 5. The van der Waals surface area contributed by atoms with Crippen LogP contribution in [0.5, 0.6) is 0 Å². The summed E-state index contributed by atoms with van der Waals surface area (Å²) in [6.07, 6.45) is 1.55. The molecule has 3 N–H and O–H groups in total. The molecule has 0 aliphatic rings. The van der Waals surface area contributed by atoms with Gasteiger partial charge in [0.15, 0.2) is 0 Å². The van der Waals surface area contributed by atoms with Gasteiger partial charge >= 0.3 is 0 Å². The summed E-state index contributed by atoms with van der Waals surface area (Å²) in [5.74, 6) is -2.98. The molecule has 0 aliphatic heterocycles. The summed E-state index contributed by atoms with van der Waals surface area (Å²) in [5, 5.41) is 18.0. The van der Waals surface area contributed by atoms with Gasteiger partial charge in [0.2, 0.25) is 0 Å². The van der Waals surface area contributed by atoms with Gasteiger partial charge in [-0.05, 0) is 48.0 Å². The average molecular weight is 442 g/mol. The van der Waals surface area contributed by atoms with Gasteiger partial charge in [-0.3, -0.25) is 14.4 Å². The normalized spacial score (nSPS) is 10.7. The number of carboxylic acid groups (broad SMARTS) is 1. The number of carbonyl (C=O) groups excluding carboxylic acids is 4. The zero-order chi connectivity index (χ0) is 23.6. The van der Waals surface area contributed by atoms with E-state index in [1.54, 1.807) is 48.5 Å². The molecule has 0 aliphatic carbocycles. The summed E-state index contributed by atoms with van der Waals surface area (Å²) in [6.45, 7) is -0.605. The van der Waals surface area contributed by atoms with Gasteiger partial charge in [0.25, 0.3) is 17.7 Å². The van der Waals surface area contributed by atoms with E-state index in [9.17, 15) is 24.3 Å². The number of carboxylic acids is 1. The van der Waals surface area contributed by atoms with Crippen molar-refractivity contribution in [3.8, 4) is 0 Å². The Morgan fingerprint density at radius 1 is 0.727 bits per heavy atom. The molecule has 0 fully saturated rings. The van der Waals surface area contributed by atoms with Gasteiger partial charge in [-0.15, -0.1) is 0 Å². The Labute approximate surface area is 190 Å². The standard InChI is InChI=1S/C25H21N3O5/c29-22(30)16-26-23(31)19-11-13-20(14-12-19)27-25(33)21(15-17-7-3-1-4-8-17)28-24(32)18-9-5-2-6-10-18/h1-15H,16H2,(H,26,31)(H,27,33)(H,28,32)(H,29,30)/p-1/b21-15+.